The standard InChI is InChI=1S/C18H24N6O2/c1-22-6-8-24(9-7-22)17(25)13-2-4-23(5-3-13)18(26)15-10-14-16(11-19-15)21-12-20-14/h10-13H,2-9H2,1H3,(H,20,21). The fourth-order valence-electron chi connectivity index (χ4n) is 3.73. The summed E-state index contributed by atoms with van der Waals surface area (Å²) in [5, 5.41) is 0. The van der Waals surface area contributed by atoms with Crippen LogP contribution in [0.1, 0.15) is 23.3 Å². The van der Waals surface area contributed by atoms with Crippen molar-refractivity contribution in [3.05, 3.63) is 24.3 Å². The van der Waals surface area contributed by atoms with Crippen molar-refractivity contribution in [2.75, 3.05) is 46.3 Å². The number of nitrogens with zero attached hydrogens (tertiary/aromatic N) is 5. The zero-order chi connectivity index (χ0) is 18.1. The van der Waals surface area contributed by atoms with E-state index in [0.717, 1.165) is 50.1 Å². The van der Waals surface area contributed by atoms with Gasteiger partial charge in [-0.25, -0.2) is 9.97 Å². The highest BCUT2D eigenvalue weighted by Crippen LogP contribution is 2.22. The Labute approximate surface area is 152 Å². The molecule has 0 spiro atoms. The Morgan fingerprint density at radius 1 is 1.04 bits per heavy atom. The maximum atomic E-state index is 12.7. The lowest BCUT2D eigenvalue weighted by Gasteiger charge is -2.37. The molecule has 0 unspecified atom stereocenters. The average molecular weight is 356 g/mol. The first-order chi connectivity index (χ1) is 12.6. The first kappa shape index (κ1) is 17.0. The zero-order valence-corrected chi connectivity index (χ0v) is 15.0. The number of piperidine rings is 1. The van der Waals surface area contributed by atoms with Crippen LogP contribution in [0.25, 0.3) is 11.0 Å². The number of hydrogen-bond acceptors (Lipinski definition) is 5. The summed E-state index contributed by atoms with van der Waals surface area (Å²) in [6.45, 7) is 4.69. The molecule has 8 heteroatoms. The highest BCUT2D eigenvalue weighted by molar-refractivity contribution is 5.95. The summed E-state index contributed by atoms with van der Waals surface area (Å²) in [4.78, 5) is 42.8. The maximum absolute atomic E-state index is 12.7. The van der Waals surface area contributed by atoms with E-state index in [4.69, 9.17) is 0 Å². The minimum Gasteiger partial charge on any atom is -0.343 e. The Bertz CT molecular complexity index is 803. The van der Waals surface area contributed by atoms with Crippen LogP contribution in [-0.2, 0) is 4.79 Å². The molecule has 0 aromatic carbocycles. The summed E-state index contributed by atoms with van der Waals surface area (Å²) in [5.74, 6) is 0.200. The van der Waals surface area contributed by atoms with Crippen molar-refractivity contribution < 1.29 is 9.59 Å². The number of piperazine rings is 1. The van der Waals surface area contributed by atoms with Crippen LogP contribution in [0.15, 0.2) is 18.6 Å². The summed E-state index contributed by atoms with van der Waals surface area (Å²) in [7, 11) is 2.08. The summed E-state index contributed by atoms with van der Waals surface area (Å²) < 4.78 is 0. The quantitative estimate of drug-likeness (QED) is 0.851. The number of rotatable bonds is 2. The Hall–Kier alpha value is -2.48. The number of H-pyrrole nitrogens is 1. The molecular weight excluding hydrogens is 332 g/mol. The van der Waals surface area contributed by atoms with Crippen LogP contribution < -0.4 is 0 Å². The Morgan fingerprint density at radius 3 is 2.50 bits per heavy atom. The SMILES string of the molecule is CN1CCN(C(=O)C2CCN(C(=O)c3cc4nc[nH]c4cn3)CC2)CC1. The molecule has 0 saturated carbocycles. The van der Waals surface area contributed by atoms with E-state index < -0.39 is 0 Å². The molecule has 138 valence electrons. The third kappa shape index (κ3) is 3.29. The molecule has 2 fully saturated rings. The number of likely N-dealkylation sites (tertiary alicyclic amines) is 1. The molecule has 26 heavy (non-hydrogen) atoms. The van der Waals surface area contributed by atoms with Crippen molar-refractivity contribution in [3.63, 3.8) is 0 Å². The molecule has 4 heterocycles. The largest absolute Gasteiger partial charge is 0.343 e. The first-order valence-electron chi connectivity index (χ1n) is 9.17. The molecule has 1 N–H and O–H groups in total. The predicted octanol–water partition coefficient (Wildman–Crippen LogP) is 0.584. The monoisotopic (exact) mass is 356 g/mol. The van der Waals surface area contributed by atoms with Gasteiger partial charge in [0.05, 0.1) is 23.6 Å². The van der Waals surface area contributed by atoms with Gasteiger partial charge in [-0.1, -0.05) is 0 Å². The summed E-state index contributed by atoms with van der Waals surface area (Å²) in [6, 6.07) is 1.72. The highest BCUT2D eigenvalue weighted by Gasteiger charge is 2.31. The van der Waals surface area contributed by atoms with E-state index in [9.17, 15) is 9.59 Å². The molecule has 2 amide bonds. The van der Waals surface area contributed by atoms with Gasteiger partial charge in [-0.15, -0.1) is 0 Å². The molecular formula is C18H24N6O2. The van der Waals surface area contributed by atoms with Gasteiger partial charge in [0, 0.05) is 45.2 Å². The number of carbonyl (C=O) groups excluding carboxylic acids is 2. The number of pyridine rings is 1. The lowest BCUT2D eigenvalue weighted by Crippen LogP contribution is -2.51. The van der Waals surface area contributed by atoms with Gasteiger partial charge >= 0.3 is 0 Å². The van der Waals surface area contributed by atoms with Crippen molar-refractivity contribution in [2.24, 2.45) is 5.92 Å². The molecule has 2 aliphatic heterocycles. The number of fused-ring (bicyclic) bond motifs is 1. The van der Waals surface area contributed by atoms with Gasteiger partial charge in [0.1, 0.15) is 5.69 Å². The highest BCUT2D eigenvalue weighted by atomic mass is 16.2. The molecule has 0 bridgehead atoms. The van der Waals surface area contributed by atoms with Crippen LogP contribution in [-0.4, -0.2) is 87.8 Å². The minimum atomic E-state index is -0.0830. The van der Waals surface area contributed by atoms with Gasteiger partial charge in [-0.2, -0.15) is 0 Å². The number of likely N-dealkylation sites (N-methyl/N-ethyl adjacent to an activating group) is 1. The van der Waals surface area contributed by atoms with Crippen LogP contribution in [0.5, 0.6) is 0 Å². The van der Waals surface area contributed by atoms with Gasteiger partial charge in [-0.05, 0) is 26.0 Å². The van der Waals surface area contributed by atoms with Gasteiger partial charge < -0.3 is 19.7 Å². The van der Waals surface area contributed by atoms with Gasteiger partial charge in [-0.3, -0.25) is 9.59 Å². The Balaban J connectivity index is 1.35. The molecule has 8 nitrogen and oxygen atoms in total. The van der Waals surface area contributed by atoms with E-state index in [1.807, 2.05) is 4.90 Å². The summed E-state index contributed by atoms with van der Waals surface area (Å²) in [5.41, 5.74) is 1.97. The second-order valence-electron chi connectivity index (χ2n) is 7.18. The van der Waals surface area contributed by atoms with Crippen molar-refractivity contribution in [1.29, 1.82) is 0 Å². The van der Waals surface area contributed by atoms with Crippen LogP contribution in [0.4, 0.5) is 0 Å². The molecule has 2 saturated heterocycles. The number of hydrogen-bond donors (Lipinski definition) is 1. The molecule has 4 rings (SSSR count). The van der Waals surface area contributed by atoms with E-state index >= 15 is 0 Å². The molecule has 2 aromatic heterocycles. The van der Waals surface area contributed by atoms with E-state index in [0.29, 0.717) is 18.8 Å². The Morgan fingerprint density at radius 2 is 1.77 bits per heavy atom. The number of nitrogens with one attached hydrogen (secondary N) is 1. The topological polar surface area (TPSA) is 85.4 Å². The van der Waals surface area contributed by atoms with Crippen molar-refractivity contribution >= 4 is 22.8 Å². The Kier molecular flexibility index (Phi) is 4.58. The lowest BCUT2D eigenvalue weighted by molar-refractivity contribution is -0.138. The van der Waals surface area contributed by atoms with E-state index in [-0.39, 0.29) is 17.7 Å². The normalized spacial score (nSPS) is 19.9. The molecule has 0 radical (unpaired) electrons. The van der Waals surface area contributed by atoms with Crippen LogP contribution in [0.3, 0.4) is 0 Å². The van der Waals surface area contributed by atoms with Crippen LogP contribution in [0, 0.1) is 5.92 Å². The fourth-order valence-corrected chi connectivity index (χ4v) is 3.73. The minimum absolute atomic E-state index is 0.0317. The lowest BCUT2D eigenvalue weighted by atomic mass is 9.94. The van der Waals surface area contributed by atoms with Crippen LogP contribution in [0.2, 0.25) is 0 Å². The maximum Gasteiger partial charge on any atom is 0.272 e. The number of aromatic amines is 1. The van der Waals surface area contributed by atoms with Crippen molar-refractivity contribution in [2.45, 2.75) is 12.8 Å². The van der Waals surface area contributed by atoms with Crippen molar-refractivity contribution in [1.82, 2.24) is 29.7 Å². The summed E-state index contributed by atoms with van der Waals surface area (Å²) >= 11 is 0. The van der Waals surface area contributed by atoms with E-state index in [2.05, 4.69) is 26.9 Å². The third-order valence-corrected chi connectivity index (χ3v) is 5.47. The third-order valence-electron chi connectivity index (χ3n) is 5.47. The summed E-state index contributed by atoms with van der Waals surface area (Å²) in [6.07, 6.45) is 4.68. The smallest absolute Gasteiger partial charge is 0.272 e. The number of imidazole rings is 1. The fraction of sp³-hybridized carbons (Fsp3) is 0.556. The number of amides is 2. The second kappa shape index (κ2) is 7.03. The van der Waals surface area contributed by atoms with Gasteiger partial charge in [0.15, 0.2) is 0 Å². The van der Waals surface area contributed by atoms with Crippen LogP contribution >= 0.6 is 0 Å². The van der Waals surface area contributed by atoms with Crippen molar-refractivity contribution in [3.8, 4) is 0 Å². The van der Waals surface area contributed by atoms with E-state index in [1.54, 1.807) is 23.5 Å². The number of carbonyl (C=O) groups is 2. The second-order valence-corrected chi connectivity index (χ2v) is 7.18. The predicted molar refractivity (Wildman–Crippen MR) is 96.6 cm³/mol. The first-order valence-corrected chi connectivity index (χ1v) is 9.17. The van der Waals surface area contributed by atoms with Gasteiger partial charge in [0.2, 0.25) is 5.91 Å². The molecule has 2 aliphatic rings. The van der Waals surface area contributed by atoms with Gasteiger partial charge in [0.25, 0.3) is 5.91 Å². The molecule has 0 atom stereocenters. The van der Waals surface area contributed by atoms with E-state index in [1.165, 1.54) is 0 Å². The average Bonchev–Trinajstić information content (AvgIpc) is 3.15. The number of aromatic nitrogens is 3. The zero-order valence-electron chi connectivity index (χ0n) is 15.0. The molecule has 0 aliphatic carbocycles. The molecule has 2 aromatic rings.